The van der Waals surface area contributed by atoms with E-state index in [1.165, 1.54) is 0 Å². The van der Waals surface area contributed by atoms with Crippen molar-refractivity contribution in [2.24, 2.45) is 0 Å². The van der Waals surface area contributed by atoms with Crippen LogP contribution in [0.3, 0.4) is 0 Å². The summed E-state index contributed by atoms with van der Waals surface area (Å²) in [7, 11) is 1.68. The maximum absolute atomic E-state index is 8.74. The molecule has 0 fully saturated rings. The summed E-state index contributed by atoms with van der Waals surface area (Å²) in [6.45, 7) is 2.02. The molecule has 90 valence electrons. The fourth-order valence-electron chi connectivity index (χ4n) is 1.60. The molecule has 0 aliphatic heterocycles. The van der Waals surface area contributed by atoms with Gasteiger partial charge in [0.1, 0.15) is 5.75 Å². The number of hydrogen-bond acceptors (Lipinski definition) is 3. The van der Waals surface area contributed by atoms with Crippen LogP contribution in [-0.4, -0.2) is 7.11 Å². The zero-order valence-corrected chi connectivity index (χ0v) is 11.1. The molecule has 2 aromatic rings. The molecule has 0 radical (unpaired) electrons. The Morgan fingerprint density at radius 1 is 1.06 bits per heavy atom. The molecule has 0 saturated carbocycles. The van der Waals surface area contributed by atoms with Gasteiger partial charge in [0.05, 0.1) is 18.7 Å². The molecule has 0 aromatic heterocycles. The zero-order valence-electron chi connectivity index (χ0n) is 10.3. The first kappa shape index (κ1) is 12.5. The summed E-state index contributed by atoms with van der Waals surface area (Å²) in [6.07, 6.45) is 0. The smallest absolute Gasteiger partial charge is 0.122 e. The SMILES string of the molecule is COc1cc(Sc2ccc(C#N)cc2)ccc1C. The Bertz CT molecular complexity index is 584. The van der Waals surface area contributed by atoms with Gasteiger partial charge in [0.15, 0.2) is 0 Å². The first-order valence-corrected chi connectivity index (χ1v) is 6.37. The number of benzene rings is 2. The Hall–Kier alpha value is -1.92. The predicted molar refractivity (Wildman–Crippen MR) is 73.0 cm³/mol. The molecule has 0 aliphatic rings. The Morgan fingerprint density at radius 3 is 2.33 bits per heavy atom. The highest BCUT2D eigenvalue weighted by molar-refractivity contribution is 7.99. The van der Waals surface area contributed by atoms with Gasteiger partial charge in [0, 0.05) is 9.79 Å². The van der Waals surface area contributed by atoms with E-state index >= 15 is 0 Å². The molecule has 0 spiro atoms. The summed E-state index contributed by atoms with van der Waals surface area (Å²) < 4.78 is 5.30. The molecule has 0 heterocycles. The Labute approximate surface area is 111 Å². The summed E-state index contributed by atoms with van der Waals surface area (Å²) in [5.41, 5.74) is 1.81. The van der Waals surface area contributed by atoms with E-state index in [-0.39, 0.29) is 0 Å². The molecule has 0 bridgehead atoms. The maximum atomic E-state index is 8.74. The van der Waals surface area contributed by atoms with E-state index in [9.17, 15) is 0 Å². The quantitative estimate of drug-likeness (QED) is 0.830. The third-order valence-electron chi connectivity index (χ3n) is 2.60. The molecular weight excluding hydrogens is 242 g/mol. The van der Waals surface area contributed by atoms with E-state index in [2.05, 4.69) is 12.1 Å². The number of ether oxygens (including phenoxy) is 1. The molecule has 0 aliphatic carbocycles. The van der Waals surface area contributed by atoms with Gasteiger partial charge >= 0.3 is 0 Å². The predicted octanol–water partition coefficient (Wildman–Crippen LogP) is 4.03. The largest absolute Gasteiger partial charge is 0.496 e. The lowest BCUT2D eigenvalue weighted by Gasteiger charge is -2.07. The van der Waals surface area contributed by atoms with Crippen LogP contribution in [0.1, 0.15) is 11.1 Å². The number of hydrogen-bond donors (Lipinski definition) is 0. The van der Waals surface area contributed by atoms with E-state index in [0.29, 0.717) is 5.56 Å². The molecule has 0 amide bonds. The number of rotatable bonds is 3. The van der Waals surface area contributed by atoms with Crippen LogP contribution in [0.2, 0.25) is 0 Å². The standard InChI is InChI=1S/C15H13NOS/c1-11-3-6-14(9-15(11)17-2)18-13-7-4-12(10-16)5-8-13/h3-9H,1-2H3. The van der Waals surface area contributed by atoms with Crippen LogP contribution in [0.15, 0.2) is 52.3 Å². The summed E-state index contributed by atoms with van der Waals surface area (Å²) in [5, 5.41) is 8.74. The molecule has 3 heteroatoms. The summed E-state index contributed by atoms with van der Waals surface area (Å²) in [6, 6.07) is 15.8. The molecule has 2 nitrogen and oxygen atoms in total. The Morgan fingerprint density at radius 2 is 1.72 bits per heavy atom. The lowest BCUT2D eigenvalue weighted by atomic mass is 10.2. The third kappa shape index (κ3) is 2.85. The van der Waals surface area contributed by atoms with Gasteiger partial charge in [-0.2, -0.15) is 5.26 Å². The van der Waals surface area contributed by atoms with Gasteiger partial charge in [-0.05, 0) is 48.9 Å². The van der Waals surface area contributed by atoms with Crippen molar-refractivity contribution in [1.29, 1.82) is 5.26 Å². The van der Waals surface area contributed by atoms with Crippen LogP contribution in [-0.2, 0) is 0 Å². The normalized spacial score (nSPS) is 9.83. The lowest BCUT2D eigenvalue weighted by molar-refractivity contribution is 0.410. The number of nitrogens with zero attached hydrogens (tertiary/aromatic N) is 1. The summed E-state index contributed by atoms with van der Waals surface area (Å²) in [5.74, 6) is 0.897. The molecule has 0 N–H and O–H groups in total. The second-order valence-corrected chi connectivity index (χ2v) is 5.02. The molecular formula is C15H13NOS. The van der Waals surface area contributed by atoms with E-state index in [0.717, 1.165) is 21.1 Å². The van der Waals surface area contributed by atoms with Crippen LogP contribution in [0.5, 0.6) is 5.75 Å². The van der Waals surface area contributed by atoms with E-state index in [1.54, 1.807) is 18.9 Å². The van der Waals surface area contributed by atoms with Crippen molar-refractivity contribution in [3.05, 3.63) is 53.6 Å². The van der Waals surface area contributed by atoms with E-state index < -0.39 is 0 Å². The highest BCUT2D eigenvalue weighted by atomic mass is 32.2. The maximum Gasteiger partial charge on any atom is 0.122 e. The van der Waals surface area contributed by atoms with E-state index in [1.807, 2.05) is 43.3 Å². The van der Waals surface area contributed by atoms with Crippen molar-refractivity contribution in [1.82, 2.24) is 0 Å². The highest BCUT2D eigenvalue weighted by Gasteiger charge is 2.02. The number of aryl methyl sites for hydroxylation is 1. The molecule has 0 atom stereocenters. The fourth-order valence-corrected chi connectivity index (χ4v) is 2.44. The number of methoxy groups -OCH3 is 1. The van der Waals surface area contributed by atoms with Crippen LogP contribution in [0, 0.1) is 18.3 Å². The highest BCUT2D eigenvalue weighted by Crippen LogP contribution is 2.31. The molecule has 18 heavy (non-hydrogen) atoms. The number of nitriles is 1. The van der Waals surface area contributed by atoms with Gasteiger partial charge in [0.2, 0.25) is 0 Å². The van der Waals surface area contributed by atoms with Gasteiger partial charge in [-0.3, -0.25) is 0 Å². The van der Waals surface area contributed by atoms with Crippen LogP contribution in [0.25, 0.3) is 0 Å². The van der Waals surface area contributed by atoms with Crippen LogP contribution >= 0.6 is 11.8 Å². The second kappa shape index (κ2) is 5.61. The Kier molecular flexibility index (Phi) is 3.91. The average molecular weight is 255 g/mol. The van der Waals surface area contributed by atoms with Crippen molar-refractivity contribution in [2.75, 3.05) is 7.11 Å². The van der Waals surface area contributed by atoms with Gasteiger partial charge in [-0.25, -0.2) is 0 Å². The Balaban J connectivity index is 2.20. The molecule has 2 rings (SSSR count). The van der Waals surface area contributed by atoms with Gasteiger partial charge < -0.3 is 4.74 Å². The van der Waals surface area contributed by atoms with Gasteiger partial charge in [-0.1, -0.05) is 17.8 Å². The van der Waals surface area contributed by atoms with Crippen molar-refractivity contribution in [3.63, 3.8) is 0 Å². The van der Waals surface area contributed by atoms with Crippen molar-refractivity contribution in [2.45, 2.75) is 16.7 Å². The second-order valence-electron chi connectivity index (χ2n) is 3.87. The minimum Gasteiger partial charge on any atom is -0.496 e. The first-order valence-electron chi connectivity index (χ1n) is 5.55. The van der Waals surface area contributed by atoms with Gasteiger partial charge in [0.25, 0.3) is 0 Å². The summed E-state index contributed by atoms with van der Waals surface area (Å²) >= 11 is 1.66. The minimum absolute atomic E-state index is 0.681. The first-order chi connectivity index (χ1) is 8.72. The van der Waals surface area contributed by atoms with Crippen LogP contribution < -0.4 is 4.74 Å². The van der Waals surface area contributed by atoms with Crippen molar-refractivity contribution >= 4 is 11.8 Å². The minimum atomic E-state index is 0.681. The lowest BCUT2D eigenvalue weighted by Crippen LogP contribution is -1.87. The molecule has 0 saturated heterocycles. The fraction of sp³-hybridized carbons (Fsp3) is 0.133. The molecule has 0 unspecified atom stereocenters. The average Bonchev–Trinajstić information content (AvgIpc) is 2.42. The third-order valence-corrected chi connectivity index (χ3v) is 3.60. The monoisotopic (exact) mass is 255 g/mol. The summed E-state index contributed by atoms with van der Waals surface area (Å²) in [4.78, 5) is 2.24. The topological polar surface area (TPSA) is 33.0 Å². The van der Waals surface area contributed by atoms with E-state index in [4.69, 9.17) is 10.00 Å². The van der Waals surface area contributed by atoms with Crippen molar-refractivity contribution < 1.29 is 4.74 Å². The zero-order chi connectivity index (χ0) is 13.0. The van der Waals surface area contributed by atoms with Gasteiger partial charge in [-0.15, -0.1) is 0 Å². The van der Waals surface area contributed by atoms with Crippen molar-refractivity contribution in [3.8, 4) is 11.8 Å². The van der Waals surface area contributed by atoms with Crippen LogP contribution in [0.4, 0.5) is 0 Å². The molecule has 2 aromatic carbocycles.